The van der Waals surface area contributed by atoms with Gasteiger partial charge in [0.25, 0.3) is 0 Å². The summed E-state index contributed by atoms with van der Waals surface area (Å²) in [4.78, 5) is 2.43. The molecule has 0 fully saturated rings. The molecule has 0 atom stereocenters. The summed E-state index contributed by atoms with van der Waals surface area (Å²) in [7, 11) is 0. The molecule has 1 aliphatic heterocycles. The number of nitrogens with zero attached hydrogens (tertiary/aromatic N) is 1. The molecular weight excluding hydrogens is 707 g/mol. The van der Waals surface area contributed by atoms with E-state index in [-0.39, 0.29) is 0 Å². The maximum Gasteiger partial charge on any atom is 0.159 e. The van der Waals surface area contributed by atoms with Gasteiger partial charge in [-0.3, -0.25) is 0 Å². The maximum absolute atomic E-state index is 6.82. The Morgan fingerprint density at radius 2 is 0.879 bits per heavy atom. The molecule has 0 radical (unpaired) electrons. The first-order chi connectivity index (χ1) is 28.8. The summed E-state index contributed by atoms with van der Waals surface area (Å²) in [5, 5.41) is 4.41. The van der Waals surface area contributed by atoms with Crippen molar-refractivity contribution in [2.45, 2.75) is 5.41 Å². The highest BCUT2D eigenvalue weighted by molar-refractivity contribution is 6.13. The molecule has 0 unspecified atom stereocenters. The summed E-state index contributed by atoms with van der Waals surface area (Å²) in [5.41, 5.74) is 18.2. The van der Waals surface area contributed by atoms with E-state index in [2.05, 4.69) is 199 Å². The Bertz CT molecular complexity index is 3430. The van der Waals surface area contributed by atoms with Gasteiger partial charge in [0.1, 0.15) is 16.7 Å². The third kappa shape index (κ3) is 4.12. The average molecular weight is 740 g/mol. The molecule has 0 amide bonds. The Balaban J connectivity index is 1.21. The smallest absolute Gasteiger partial charge is 0.159 e. The number of fused-ring (bicyclic) bond motifs is 15. The lowest BCUT2D eigenvalue weighted by Crippen LogP contribution is -2.36. The van der Waals surface area contributed by atoms with Gasteiger partial charge >= 0.3 is 0 Å². The van der Waals surface area contributed by atoms with E-state index in [4.69, 9.17) is 8.83 Å². The van der Waals surface area contributed by atoms with Crippen molar-refractivity contribution in [1.29, 1.82) is 0 Å². The summed E-state index contributed by atoms with van der Waals surface area (Å²) >= 11 is 0. The second kappa shape index (κ2) is 11.7. The van der Waals surface area contributed by atoms with E-state index >= 15 is 0 Å². The van der Waals surface area contributed by atoms with Crippen molar-refractivity contribution in [3.63, 3.8) is 0 Å². The van der Waals surface area contributed by atoms with Crippen molar-refractivity contribution >= 4 is 60.9 Å². The normalized spacial score (nSPS) is 13.6. The van der Waals surface area contributed by atoms with Gasteiger partial charge in [0.2, 0.25) is 0 Å². The van der Waals surface area contributed by atoms with Crippen LogP contribution in [-0.2, 0) is 5.41 Å². The number of rotatable bonds is 3. The van der Waals surface area contributed by atoms with Crippen LogP contribution in [0, 0.1) is 0 Å². The molecule has 3 nitrogen and oxygen atoms in total. The molecule has 0 saturated heterocycles. The van der Waals surface area contributed by atoms with Gasteiger partial charge in [0.05, 0.1) is 22.5 Å². The molecule has 0 saturated carbocycles. The molecule has 1 spiro atoms. The molecule has 11 aromatic rings. The van der Waals surface area contributed by atoms with Crippen LogP contribution < -0.4 is 4.90 Å². The molecule has 2 aliphatic rings. The highest BCUT2D eigenvalue weighted by Gasteiger charge is 2.52. The van der Waals surface area contributed by atoms with Crippen molar-refractivity contribution in [3.8, 4) is 33.4 Å². The quantitative estimate of drug-likeness (QED) is 0.181. The Hall–Kier alpha value is -7.62. The first-order valence-electron chi connectivity index (χ1n) is 19.9. The zero-order chi connectivity index (χ0) is 38.0. The minimum Gasteiger partial charge on any atom is -0.456 e. The van der Waals surface area contributed by atoms with Crippen molar-refractivity contribution in [2.24, 2.45) is 0 Å². The fraction of sp³-hybridized carbons (Fsp3) is 0.0182. The maximum atomic E-state index is 6.82. The van der Waals surface area contributed by atoms with Gasteiger partial charge in [-0.15, -0.1) is 0 Å². The summed E-state index contributed by atoms with van der Waals surface area (Å²) in [5.74, 6) is 0. The second-order valence-electron chi connectivity index (χ2n) is 15.5. The molecule has 0 N–H and O–H groups in total. The number of para-hydroxylation sites is 3. The van der Waals surface area contributed by atoms with Crippen LogP contribution in [0.1, 0.15) is 22.3 Å². The summed E-state index contributed by atoms with van der Waals surface area (Å²) in [6.07, 6.45) is 0. The molecule has 1 aliphatic carbocycles. The van der Waals surface area contributed by atoms with E-state index in [1.54, 1.807) is 0 Å². The van der Waals surface area contributed by atoms with E-state index in [1.807, 2.05) is 6.07 Å². The number of benzene rings is 9. The molecular formula is C55H33NO2. The lowest BCUT2D eigenvalue weighted by atomic mass is 9.64. The topological polar surface area (TPSA) is 29.5 Å². The van der Waals surface area contributed by atoms with Crippen LogP contribution in [0.25, 0.3) is 77.3 Å². The molecule has 2 aromatic heterocycles. The van der Waals surface area contributed by atoms with E-state index < -0.39 is 5.41 Å². The van der Waals surface area contributed by atoms with Crippen molar-refractivity contribution in [3.05, 3.63) is 222 Å². The highest BCUT2D eigenvalue weighted by atomic mass is 16.3. The van der Waals surface area contributed by atoms with Gasteiger partial charge in [0.15, 0.2) is 5.58 Å². The molecule has 3 heterocycles. The van der Waals surface area contributed by atoms with Crippen LogP contribution in [0.5, 0.6) is 0 Å². The van der Waals surface area contributed by atoms with Crippen LogP contribution in [0.4, 0.5) is 17.1 Å². The van der Waals surface area contributed by atoms with Crippen LogP contribution in [0.2, 0.25) is 0 Å². The minimum absolute atomic E-state index is 0.652. The third-order valence-corrected chi connectivity index (χ3v) is 12.7. The number of anilines is 3. The molecule has 3 heteroatoms. The average Bonchev–Trinajstić information content (AvgIpc) is 3.95. The number of furan rings is 2. The Kier molecular flexibility index (Phi) is 6.37. The molecule has 270 valence electrons. The van der Waals surface area contributed by atoms with E-state index in [1.165, 1.54) is 55.6 Å². The fourth-order valence-electron chi connectivity index (χ4n) is 10.3. The third-order valence-electron chi connectivity index (χ3n) is 12.7. The van der Waals surface area contributed by atoms with Gasteiger partial charge in [-0.05, 0) is 92.0 Å². The SMILES string of the molecule is c1ccc(-c2ccccc2-c2ccc3c(c2)C2(c4ccccc4-c4ccccc42)c2cc4c(cc2N3c2cccc3c2oc2ccccc23)oc2ccccc24)cc1. The standard InChI is InChI=1S/C55H33NO2/c1-2-15-34(16-3-1)36-17-4-5-18-37(36)35-29-30-48-46(31-35)55(44-24-10-6-19-38(44)39-20-7-11-25-45(39)55)47-32-43-41-22-9-12-27-51(41)57-53(43)33-50(47)56(48)49-26-14-23-42-40-21-8-13-28-52(40)58-54(42)49/h1-33H. The zero-order valence-corrected chi connectivity index (χ0v) is 31.3. The van der Waals surface area contributed by atoms with Crippen molar-refractivity contribution in [2.75, 3.05) is 4.90 Å². The number of hydrogen-bond donors (Lipinski definition) is 0. The van der Waals surface area contributed by atoms with Crippen LogP contribution in [-0.4, -0.2) is 0 Å². The minimum atomic E-state index is -0.652. The lowest BCUT2D eigenvalue weighted by Gasteiger charge is -2.45. The fourth-order valence-corrected chi connectivity index (χ4v) is 10.3. The molecule has 9 aromatic carbocycles. The second-order valence-corrected chi connectivity index (χ2v) is 15.5. The monoisotopic (exact) mass is 739 g/mol. The summed E-state index contributed by atoms with van der Waals surface area (Å²) in [6.45, 7) is 0. The lowest BCUT2D eigenvalue weighted by molar-refractivity contribution is 0.665. The summed E-state index contributed by atoms with van der Waals surface area (Å²) < 4.78 is 13.5. The van der Waals surface area contributed by atoms with Crippen LogP contribution in [0.15, 0.2) is 209 Å². The van der Waals surface area contributed by atoms with Gasteiger partial charge < -0.3 is 13.7 Å². The van der Waals surface area contributed by atoms with Gasteiger partial charge in [-0.25, -0.2) is 0 Å². The molecule has 13 rings (SSSR count). The van der Waals surface area contributed by atoms with Crippen molar-refractivity contribution in [1.82, 2.24) is 0 Å². The van der Waals surface area contributed by atoms with Crippen LogP contribution in [0.3, 0.4) is 0 Å². The Morgan fingerprint density at radius 3 is 1.62 bits per heavy atom. The summed E-state index contributed by atoms with van der Waals surface area (Å²) in [6, 6.07) is 72.7. The Morgan fingerprint density at radius 1 is 0.310 bits per heavy atom. The molecule has 58 heavy (non-hydrogen) atoms. The highest BCUT2D eigenvalue weighted by Crippen LogP contribution is 2.65. The zero-order valence-electron chi connectivity index (χ0n) is 31.3. The van der Waals surface area contributed by atoms with Gasteiger partial charge in [0, 0.05) is 27.6 Å². The number of hydrogen-bond acceptors (Lipinski definition) is 3. The van der Waals surface area contributed by atoms with E-state index in [9.17, 15) is 0 Å². The predicted octanol–water partition coefficient (Wildman–Crippen LogP) is 15.0. The predicted molar refractivity (Wildman–Crippen MR) is 237 cm³/mol. The van der Waals surface area contributed by atoms with Crippen LogP contribution >= 0.6 is 0 Å². The van der Waals surface area contributed by atoms with Gasteiger partial charge in [-0.2, -0.15) is 0 Å². The molecule has 0 bridgehead atoms. The largest absolute Gasteiger partial charge is 0.456 e. The Labute approximate surface area is 334 Å². The van der Waals surface area contributed by atoms with E-state index in [0.717, 1.165) is 60.9 Å². The van der Waals surface area contributed by atoms with E-state index in [0.29, 0.717) is 0 Å². The first-order valence-corrected chi connectivity index (χ1v) is 19.9. The van der Waals surface area contributed by atoms with Gasteiger partial charge in [-0.1, -0.05) is 158 Å². The first kappa shape index (κ1) is 31.6. The van der Waals surface area contributed by atoms with Crippen molar-refractivity contribution < 1.29 is 8.83 Å².